The molecule has 15 heavy (non-hydrogen) atoms. The van der Waals surface area contributed by atoms with Gasteiger partial charge in [0.25, 0.3) is 0 Å². The average Bonchev–Trinajstić information content (AvgIpc) is 2.15. The molecule has 0 aliphatic carbocycles. The molecule has 1 atom stereocenters. The molecular formula is C11H21N3O. The summed E-state index contributed by atoms with van der Waals surface area (Å²) >= 11 is 0. The fraction of sp³-hybridized carbons (Fsp3) is 0.909. The second-order valence-electron chi connectivity index (χ2n) is 4.90. The Hall–Kier alpha value is -0.950. The summed E-state index contributed by atoms with van der Waals surface area (Å²) in [6.07, 6.45) is 0.786. The van der Waals surface area contributed by atoms with Crippen LogP contribution in [0.4, 0.5) is 0 Å². The van der Waals surface area contributed by atoms with Gasteiger partial charge in [-0.1, -0.05) is 0 Å². The molecule has 86 valence electrons. The van der Waals surface area contributed by atoms with Gasteiger partial charge in [0.2, 0.25) is 0 Å². The second-order valence-corrected chi connectivity index (χ2v) is 4.90. The van der Waals surface area contributed by atoms with Gasteiger partial charge in [-0.25, -0.2) is 0 Å². The van der Waals surface area contributed by atoms with E-state index < -0.39 is 5.54 Å². The summed E-state index contributed by atoms with van der Waals surface area (Å²) in [5, 5.41) is 16.9. The van der Waals surface area contributed by atoms with Crippen LogP contribution in [0.15, 0.2) is 10.2 Å². The number of nitriles is 1. The van der Waals surface area contributed by atoms with Crippen LogP contribution in [0, 0.1) is 11.3 Å². The summed E-state index contributed by atoms with van der Waals surface area (Å²) in [4.78, 5) is 0. The van der Waals surface area contributed by atoms with Gasteiger partial charge in [0.05, 0.1) is 17.7 Å². The van der Waals surface area contributed by atoms with Crippen LogP contribution in [-0.4, -0.2) is 24.3 Å². The van der Waals surface area contributed by atoms with Crippen molar-refractivity contribution in [2.45, 2.75) is 58.2 Å². The maximum absolute atomic E-state index is 8.76. The van der Waals surface area contributed by atoms with E-state index in [1.54, 1.807) is 21.0 Å². The molecule has 0 fully saturated rings. The lowest BCUT2D eigenvalue weighted by atomic mass is 10.0. The van der Waals surface area contributed by atoms with Gasteiger partial charge in [-0.05, 0) is 41.0 Å². The topological polar surface area (TPSA) is 57.7 Å². The lowest BCUT2D eigenvalue weighted by molar-refractivity contribution is 0.0110. The molecule has 0 aliphatic heterocycles. The summed E-state index contributed by atoms with van der Waals surface area (Å²) in [6, 6.07) is 2.14. The van der Waals surface area contributed by atoms with E-state index in [0.29, 0.717) is 0 Å². The van der Waals surface area contributed by atoms with Crippen LogP contribution in [0.3, 0.4) is 0 Å². The van der Waals surface area contributed by atoms with Crippen molar-refractivity contribution < 1.29 is 4.74 Å². The molecule has 0 bridgehead atoms. The predicted molar refractivity (Wildman–Crippen MR) is 59.7 cm³/mol. The molecule has 0 aromatic carbocycles. The molecule has 0 N–H and O–H groups in total. The van der Waals surface area contributed by atoms with E-state index >= 15 is 0 Å². The lowest BCUT2D eigenvalue weighted by Gasteiger charge is -2.24. The van der Waals surface area contributed by atoms with E-state index in [9.17, 15) is 0 Å². The van der Waals surface area contributed by atoms with Gasteiger partial charge in [0.1, 0.15) is 0 Å². The summed E-state index contributed by atoms with van der Waals surface area (Å²) < 4.78 is 5.30. The highest BCUT2D eigenvalue weighted by molar-refractivity contribution is 4.99. The molecule has 0 aromatic heterocycles. The molecule has 0 rings (SSSR count). The Balaban J connectivity index is 4.28. The third kappa shape index (κ3) is 6.19. The van der Waals surface area contributed by atoms with Gasteiger partial charge in [-0.15, -0.1) is 0 Å². The van der Waals surface area contributed by atoms with Gasteiger partial charge in [-0.3, -0.25) is 0 Å². The van der Waals surface area contributed by atoms with Crippen molar-refractivity contribution in [3.8, 4) is 6.07 Å². The molecule has 4 nitrogen and oxygen atoms in total. The first kappa shape index (κ1) is 14.1. The smallest absolute Gasteiger partial charge is 0.161 e. The monoisotopic (exact) mass is 211 g/mol. The first-order chi connectivity index (χ1) is 6.72. The van der Waals surface area contributed by atoms with Crippen molar-refractivity contribution in [3.05, 3.63) is 0 Å². The van der Waals surface area contributed by atoms with Crippen LogP contribution < -0.4 is 0 Å². The number of nitrogens with zero attached hydrogens (tertiary/aromatic N) is 3. The Labute approximate surface area is 92.3 Å². The fourth-order valence-corrected chi connectivity index (χ4v) is 1.10. The molecule has 0 heterocycles. The summed E-state index contributed by atoms with van der Waals surface area (Å²) in [5.41, 5.74) is -0.930. The van der Waals surface area contributed by atoms with Crippen molar-refractivity contribution in [2.24, 2.45) is 10.2 Å². The van der Waals surface area contributed by atoms with Crippen LogP contribution >= 0.6 is 0 Å². The minimum Gasteiger partial charge on any atom is -0.379 e. The van der Waals surface area contributed by atoms with Crippen LogP contribution in [-0.2, 0) is 4.74 Å². The van der Waals surface area contributed by atoms with E-state index in [1.165, 1.54) is 0 Å². The Morgan fingerprint density at radius 3 is 2.27 bits per heavy atom. The van der Waals surface area contributed by atoms with Crippen molar-refractivity contribution in [2.75, 3.05) is 7.11 Å². The Morgan fingerprint density at radius 1 is 1.33 bits per heavy atom. The molecule has 0 aromatic rings. The Morgan fingerprint density at radius 2 is 1.87 bits per heavy atom. The number of ether oxygens (including phenoxy) is 1. The van der Waals surface area contributed by atoms with E-state index in [-0.39, 0.29) is 11.6 Å². The molecule has 4 heteroatoms. The van der Waals surface area contributed by atoms with Gasteiger partial charge in [0.15, 0.2) is 5.54 Å². The standard InChI is InChI=1S/C11H21N3O/c1-9(7-11(4,5)15-6)13-14-10(2,3)8-12/h9H,7H2,1-6H3. The van der Waals surface area contributed by atoms with Crippen LogP contribution in [0.1, 0.15) is 41.0 Å². The minimum atomic E-state index is -0.731. The average molecular weight is 211 g/mol. The van der Waals surface area contributed by atoms with E-state index in [2.05, 4.69) is 16.3 Å². The number of hydrogen-bond acceptors (Lipinski definition) is 4. The van der Waals surface area contributed by atoms with Gasteiger partial charge in [0, 0.05) is 7.11 Å². The molecule has 0 saturated heterocycles. The summed E-state index contributed by atoms with van der Waals surface area (Å²) in [7, 11) is 1.68. The highest BCUT2D eigenvalue weighted by atomic mass is 16.5. The lowest BCUT2D eigenvalue weighted by Crippen LogP contribution is -2.27. The summed E-state index contributed by atoms with van der Waals surface area (Å²) in [5.74, 6) is 0. The highest BCUT2D eigenvalue weighted by Crippen LogP contribution is 2.18. The maximum atomic E-state index is 8.76. The van der Waals surface area contributed by atoms with E-state index in [0.717, 1.165) is 6.42 Å². The normalized spacial score (nSPS) is 15.3. The van der Waals surface area contributed by atoms with Crippen molar-refractivity contribution >= 4 is 0 Å². The Bertz CT molecular complexity index is 263. The highest BCUT2D eigenvalue weighted by Gasteiger charge is 2.21. The SMILES string of the molecule is COC(C)(C)CC(C)N=NC(C)(C)C#N. The maximum Gasteiger partial charge on any atom is 0.161 e. The largest absolute Gasteiger partial charge is 0.379 e. The number of rotatable bonds is 5. The molecule has 0 spiro atoms. The van der Waals surface area contributed by atoms with Crippen molar-refractivity contribution in [1.29, 1.82) is 5.26 Å². The van der Waals surface area contributed by atoms with E-state index in [1.807, 2.05) is 20.8 Å². The number of hydrogen-bond donors (Lipinski definition) is 0. The zero-order valence-electron chi connectivity index (χ0n) is 10.5. The summed E-state index contributed by atoms with van der Waals surface area (Å²) in [6.45, 7) is 9.47. The second kappa shape index (κ2) is 5.22. The number of azo groups is 1. The third-order valence-corrected chi connectivity index (χ3v) is 2.12. The quantitative estimate of drug-likeness (QED) is 0.656. The molecule has 1 unspecified atom stereocenters. The van der Waals surface area contributed by atoms with Crippen LogP contribution in [0.5, 0.6) is 0 Å². The Kier molecular flexibility index (Phi) is 4.89. The molecule has 0 amide bonds. The molecular weight excluding hydrogens is 190 g/mol. The van der Waals surface area contributed by atoms with Crippen LogP contribution in [0.25, 0.3) is 0 Å². The zero-order valence-corrected chi connectivity index (χ0v) is 10.5. The van der Waals surface area contributed by atoms with Gasteiger partial charge < -0.3 is 4.74 Å². The molecule has 0 aliphatic rings. The van der Waals surface area contributed by atoms with E-state index in [4.69, 9.17) is 10.00 Å². The predicted octanol–water partition coefficient (Wildman–Crippen LogP) is 2.94. The third-order valence-electron chi connectivity index (χ3n) is 2.12. The van der Waals surface area contributed by atoms with Crippen molar-refractivity contribution in [3.63, 3.8) is 0 Å². The minimum absolute atomic E-state index is 0.0626. The zero-order chi connectivity index (χ0) is 12.1. The molecule has 0 saturated carbocycles. The fourth-order valence-electron chi connectivity index (χ4n) is 1.10. The number of methoxy groups -OCH3 is 1. The van der Waals surface area contributed by atoms with Gasteiger partial charge in [-0.2, -0.15) is 15.5 Å². The van der Waals surface area contributed by atoms with Crippen molar-refractivity contribution in [1.82, 2.24) is 0 Å². The molecule has 0 radical (unpaired) electrons. The van der Waals surface area contributed by atoms with Crippen LogP contribution in [0.2, 0.25) is 0 Å². The first-order valence-corrected chi connectivity index (χ1v) is 5.11. The van der Waals surface area contributed by atoms with Gasteiger partial charge >= 0.3 is 0 Å². The first-order valence-electron chi connectivity index (χ1n) is 5.11.